The normalized spacial score (nSPS) is 9.63. The van der Waals surface area contributed by atoms with Crippen molar-refractivity contribution >= 4 is 16.7 Å². The summed E-state index contributed by atoms with van der Waals surface area (Å²) in [4.78, 5) is 15.8. The third kappa shape index (κ3) is 4.31. The second kappa shape index (κ2) is 8.18. The molecule has 0 atom stereocenters. The van der Waals surface area contributed by atoms with Crippen LogP contribution < -0.4 is 16.6 Å². The van der Waals surface area contributed by atoms with E-state index in [4.69, 9.17) is 5.84 Å². The fourth-order valence-electron chi connectivity index (χ4n) is 1.55. The molecule has 2 rings (SSSR count). The molecule has 19 heavy (non-hydrogen) atoms. The summed E-state index contributed by atoms with van der Waals surface area (Å²) in [5, 5.41) is 4.75. The van der Waals surface area contributed by atoms with Gasteiger partial charge >= 0.3 is 0 Å². The van der Waals surface area contributed by atoms with E-state index in [2.05, 4.69) is 15.7 Å². The molecular weight excluding hydrogens is 240 g/mol. The number of carbonyl (C=O) groups is 1. The summed E-state index contributed by atoms with van der Waals surface area (Å²) in [5.41, 5.74) is 2.89. The zero-order chi connectivity index (χ0) is 14.1. The van der Waals surface area contributed by atoms with Crippen LogP contribution in [0.4, 0.5) is 0 Å². The zero-order valence-electron chi connectivity index (χ0n) is 11.3. The number of hydrazine groups is 1. The lowest BCUT2D eigenvalue weighted by Gasteiger charge is -2.04. The Morgan fingerprint density at radius 1 is 1.21 bits per heavy atom. The summed E-state index contributed by atoms with van der Waals surface area (Å²) in [6, 6.07) is 9.57. The Balaban J connectivity index is 0.000000861. The van der Waals surface area contributed by atoms with Gasteiger partial charge in [-0.3, -0.25) is 21.0 Å². The Labute approximate surface area is 113 Å². The highest BCUT2D eigenvalue weighted by Gasteiger charge is 2.06. The van der Waals surface area contributed by atoms with Gasteiger partial charge in [0.1, 0.15) is 5.69 Å². The van der Waals surface area contributed by atoms with Crippen LogP contribution in [0, 0.1) is 0 Å². The predicted molar refractivity (Wildman–Crippen MR) is 77.6 cm³/mol. The molecule has 4 N–H and O–H groups in total. The number of aromatic nitrogens is 1. The van der Waals surface area contributed by atoms with Gasteiger partial charge in [-0.15, -0.1) is 0 Å². The first-order chi connectivity index (χ1) is 9.31. The van der Waals surface area contributed by atoms with Gasteiger partial charge in [-0.25, -0.2) is 0 Å². The van der Waals surface area contributed by atoms with Crippen LogP contribution in [0.1, 0.15) is 24.3 Å². The van der Waals surface area contributed by atoms with Crippen molar-refractivity contribution < 1.29 is 4.79 Å². The predicted octanol–water partition coefficient (Wildman–Crippen LogP) is 1.45. The van der Waals surface area contributed by atoms with E-state index >= 15 is 0 Å². The quantitative estimate of drug-likeness (QED) is 0.441. The summed E-state index contributed by atoms with van der Waals surface area (Å²) < 4.78 is 0. The molecule has 0 bridgehead atoms. The van der Waals surface area contributed by atoms with Crippen molar-refractivity contribution in [1.82, 2.24) is 15.7 Å². The number of amides is 1. The Morgan fingerprint density at radius 2 is 1.89 bits per heavy atom. The average molecular weight is 260 g/mol. The lowest BCUT2D eigenvalue weighted by molar-refractivity contribution is 0.0949. The Hall–Kier alpha value is -1.98. The van der Waals surface area contributed by atoms with Gasteiger partial charge in [0.15, 0.2) is 0 Å². The van der Waals surface area contributed by atoms with Gasteiger partial charge < -0.3 is 5.32 Å². The molecule has 0 unspecified atom stereocenters. The molecule has 1 aromatic heterocycles. The number of pyridine rings is 1. The number of nitrogens with zero attached hydrogens (tertiary/aromatic N) is 1. The number of carbonyl (C=O) groups excluding carboxylic acids is 1. The van der Waals surface area contributed by atoms with Gasteiger partial charge in [0.05, 0.1) is 0 Å². The van der Waals surface area contributed by atoms with E-state index in [0.717, 1.165) is 10.8 Å². The van der Waals surface area contributed by atoms with Crippen molar-refractivity contribution in [2.45, 2.75) is 13.8 Å². The Morgan fingerprint density at radius 3 is 2.58 bits per heavy atom. The first-order valence-electron chi connectivity index (χ1n) is 6.38. The van der Waals surface area contributed by atoms with Gasteiger partial charge in [-0.2, -0.15) is 0 Å². The van der Waals surface area contributed by atoms with Gasteiger partial charge in [-0.1, -0.05) is 38.1 Å². The number of rotatable bonds is 4. The Bertz CT molecular complexity index is 528. The monoisotopic (exact) mass is 260 g/mol. The Kier molecular flexibility index (Phi) is 6.49. The maximum Gasteiger partial charge on any atom is 0.269 e. The lowest BCUT2D eigenvalue weighted by atomic mass is 10.1. The fourth-order valence-corrected chi connectivity index (χ4v) is 1.55. The van der Waals surface area contributed by atoms with Crippen LogP contribution in [-0.2, 0) is 0 Å². The van der Waals surface area contributed by atoms with Crippen molar-refractivity contribution in [3.8, 4) is 0 Å². The number of nitrogens with two attached hydrogens (primary N) is 1. The standard InChI is InChI=1S/C12H14N4O.C2H6/c13-16-6-5-14-12(17)11-7-9-3-1-2-4-10(9)8-15-11;1-2/h1-4,7-8,16H,5-6,13H2,(H,14,17);1-2H3. The smallest absolute Gasteiger partial charge is 0.269 e. The minimum Gasteiger partial charge on any atom is -0.349 e. The van der Waals surface area contributed by atoms with E-state index < -0.39 is 0 Å². The summed E-state index contributed by atoms with van der Waals surface area (Å²) >= 11 is 0. The minimum absolute atomic E-state index is 0.189. The first-order valence-corrected chi connectivity index (χ1v) is 6.38. The lowest BCUT2D eigenvalue weighted by Crippen LogP contribution is -2.35. The van der Waals surface area contributed by atoms with Crippen LogP contribution in [-0.4, -0.2) is 24.0 Å². The molecule has 2 aromatic rings. The van der Waals surface area contributed by atoms with Gasteiger partial charge in [-0.05, 0) is 11.5 Å². The minimum atomic E-state index is -0.189. The molecule has 0 radical (unpaired) electrons. The van der Waals surface area contributed by atoms with Crippen LogP contribution in [0.25, 0.3) is 10.8 Å². The molecule has 1 heterocycles. The number of hydrogen-bond acceptors (Lipinski definition) is 4. The molecule has 0 aliphatic carbocycles. The van der Waals surface area contributed by atoms with Crippen molar-refractivity contribution in [2.75, 3.05) is 13.1 Å². The maximum atomic E-state index is 11.7. The summed E-state index contributed by atoms with van der Waals surface area (Å²) in [5.74, 6) is 4.92. The highest BCUT2D eigenvalue weighted by Crippen LogP contribution is 2.12. The zero-order valence-corrected chi connectivity index (χ0v) is 11.3. The number of nitrogens with one attached hydrogen (secondary N) is 2. The molecule has 1 aromatic carbocycles. The van der Waals surface area contributed by atoms with Crippen molar-refractivity contribution in [3.63, 3.8) is 0 Å². The fraction of sp³-hybridized carbons (Fsp3) is 0.286. The molecule has 0 saturated carbocycles. The van der Waals surface area contributed by atoms with E-state index in [0.29, 0.717) is 18.8 Å². The van der Waals surface area contributed by atoms with E-state index in [-0.39, 0.29) is 5.91 Å². The van der Waals surface area contributed by atoms with Crippen LogP contribution in [0.15, 0.2) is 36.5 Å². The maximum absolute atomic E-state index is 11.7. The van der Waals surface area contributed by atoms with Crippen molar-refractivity contribution in [3.05, 3.63) is 42.2 Å². The van der Waals surface area contributed by atoms with Gasteiger partial charge in [0.25, 0.3) is 5.91 Å². The molecule has 0 fully saturated rings. The van der Waals surface area contributed by atoms with Crippen molar-refractivity contribution in [1.29, 1.82) is 0 Å². The second-order valence-corrected chi connectivity index (χ2v) is 3.63. The molecule has 0 aliphatic heterocycles. The second-order valence-electron chi connectivity index (χ2n) is 3.63. The van der Waals surface area contributed by atoms with Crippen LogP contribution in [0.5, 0.6) is 0 Å². The molecule has 0 spiro atoms. The molecule has 0 aliphatic rings. The summed E-state index contributed by atoms with van der Waals surface area (Å²) in [6.45, 7) is 5.00. The number of fused-ring (bicyclic) bond motifs is 1. The van der Waals surface area contributed by atoms with E-state index in [1.807, 2.05) is 38.1 Å². The average Bonchev–Trinajstić information content (AvgIpc) is 2.49. The van der Waals surface area contributed by atoms with E-state index in [1.165, 1.54) is 0 Å². The molecular formula is C14H20N4O. The van der Waals surface area contributed by atoms with E-state index in [1.54, 1.807) is 12.3 Å². The number of hydrogen-bond donors (Lipinski definition) is 3. The number of benzene rings is 1. The summed E-state index contributed by atoms with van der Waals surface area (Å²) in [6.07, 6.45) is 1.70. The van der Waals surface area contributed by atoms with Crippen LogP contribution in [0.2, 0.25) is 0 Å². The summed E-state index contributed by atoms with van der Waals surface area (Å²) in [7, 11) is 0. The molecule has 102 valence electrons. The van der Waals surface area contributed by atoms with Gasteiger partial charge in [0.2, 0.25) is 0 Å². The van der Waals surface area contributed by atoms with Crippen LogP contribution in [0.3, 0.4) is 0 Å². The van der Waals surface area contributed by atoms with Crippen molar-refractivity contribution in [2.24, 2.45) is 5.84 Å². The first kappa shape index (κ1) is 15.1. The SMILES string of the molecule is CC.NNCCNC(=O)c1cc2ccccc2cn1. The highest BCUT2D eigenvalue weighted by atomic mass is 16.1. The molecule has 0 saturated heterocycles. The largest absolute Gasteiger partial charge is 0.349 e. The van der Waals surface area contributed by atoms with Crippen LogP contribution >= 0.6 is 0 Å². The van der Waals surface area contributed by atoms with E-state index in [9.17, 15) is 4.79 Å². The third-order valence-electron chi connectivity index (χ3n) is 2.42. The third-order valence-corrected chi connectivity index (χ3v) is 2.42. The molecule has 1 amide bonds. The topological polar surface area (TPSA) is 80.0 Å². The highest BCUT2D eigenvalue weighted by molar-refractivity contribution is 5.96. The van der Waals surface area contributed by atoms with Gasteiger partial charge in [0, 0.05) is 24.7 Å². The molecule has 5 heteroatoms. The molecule has 5 nitrogen and oxygen atoms in total.